The van der Waals surface area contributed by atoms with Crippen LogP contribution in [0, 0.1) is 5.92 Å². The summed E-state index contributed by atoms with van der Waals surface area (Å²) in [4.78, 5) is 11.5. The van der Waals surface area contributed by atoms with Gasteiger partial charge in [-0.1, -0.05) is 23.3 Å². The van der Waals surface area contributed by atoms with Crippen molar-refractivity contribution in [2.75, 3.05) is 0 Å². The summed E-state index contributed by atoms with van der Waals surface area (Å²) in [7, 11) is 0. The maximum Gasteiger partial charge on any atom is 0.303 e. The number of epoxide rings is 1. The summed E-state index contributed by atoms with van der Waals surface area (Å²) < 4.78 is 11.6. The summed E-state index contributed by atoms with van der Waals surface area (Å²) >= 11 is 0. The summed E-state index contributed by atoms with van der Waals surface area (Å²) in [5, 5.41) is 0. The van der Waals surface area contributed by atoms with Crippen molar-refractivity contribution >= 4 is 5.97 Å². The molecule has 0 aromatic rings. The molecule has 0 aromatic heterocycles. The summed E-state index contributed by atoms with van der Waals surface area (Å²) in [6, 6.07) is 0. The highest BCUT2D eigenvalue weighted by Crippen LogP contribution is 2.44. The molecule has 1 heterocycles. The molecule has 0 saturated carbocycles. The van der Waals surface area contributed by atoms with E-state index in [-0.39, 0.29) is 11.6 Å². The molecule has 1 aliphatic heterocycles. The lowest BCUT2D eigenvalue weighted by Gasteiger charge is -2.33. The molecule has 0 bridgehead atoms. The van der Waals surface area contributed by atoms with Crippen LogP contribution < -0.4 is 0 Å². The van der Waals surface area contributed by atoms with Gasteiger partial charge in [0.25, 0.3) is 0 Å². The Morgan fingerprint density at radius 3 is 2.52 bits per heavy atom. The van der Waals surface area contributed by atoms with E-state index in [1.165, 1.54) is 18.1 Å². The van der Waals surface area contributed by atoms with Crippen LogP contribution in [0.15, 0.2) is 23.3 Å². The number of carbonyl (C=O) groups excluding carboxylic acids is 1. The highest BCUT2D eigenvalue weighted by atomic mass is 16.6. The zero-order valence-electron chi connectivity index (χ0n) is 17.0. The van der Waals surface area contributed by atoms with Crippen molar-refractivity contribution < 1.29 is 14.3 Å². The van der Waals surface area contributed by atoms with Crippen molar-refractivity contribution in [2.24, 2.45) is 5.92 Å². The van der Waals surface area contributed by atoms with Crippen LogP contribution in [-0.4, -0.2) is 23.3 Å². The van der Waals surface area contributed by atoms with Crippen molar-refractivity contribution in [3.8, 4) is 0 Å². The van der Waals surface area contributed by atoms with Crippen LogP contribution in [0.25, 0.3) is 0 Å². The van der Waals surface area contributed by atoms with Gasteiger partial charge in [0, 0.05) is 12.8 Å². The van der Waals surface area contributed by atoms with Gasteiger partial charge in [0.2, 0.25) is 0 Å². The van der Waals surface area contributed by atoms with Crippen LogP contribution in [0.5, 0.6) is 0 Å². The molecule has 0 radical (unpaired) electrons. The monoisotopic (exact) mass is 348 g/mol. The first-order valence-corrected chi connectivity index (χ1v) is 9.81. The first kappa shape index (κ1) is 20.2. The average Bonchev–Trinajstić information content (AvgIpc) is 3.13. The van der Waals surface area contributed by atoms with E-state index in [0.29, 0.717) is 12.0 Å². The first-order valence-electron chi connectivity index (χ1n) is 9.81. The van der Waals surface area contributed by atoms with Gasteiger partial charge in [0.1, 0.15) is 5.60 Å². The molecular weight excluding hydrogens is 312 g/mol. The normalized spacial score (nSPS) is 31.9. The second kappa shape index (κ2) is 8.07. The molecule has 2 aliphatic rings. The largest absolute Gasteiger partial charge is 0.460 e. The zero-order chi connectivity index (χ0) is 18.7. The Morgan fingerprint density at radius 1 is 1.20 bits per heavy atom. The molecule has 3 atom stereocenters. The molecule has 3 heteroatoms. The SMILES string of the molecule is CC(=O)OC(C)(C)C1CC=C(C)CCC2OC2(C)CCC=C(C)CC1. The highest BCUT2D eigenvalue weighted by Gasteiger charge is 2.50. The van der Waals surface area contributed by atoms with Gasteiger partial charge in [0.15, 0.2) is 0 Å². The van der Waals surface area contributed by atoms with Crippen molar-refractivity contribution in [2.45, 2.75) is 104 Å². The summed E-state index contributed by atoms with van der Waals surface area (Å²) in [5.41, 5.74) is 2.52. The van der Waals surface area contributed by atoms with Crippen LogP contribution in [0.4, 0.5) is 0 Å². The van der Waals surface area contributed by atoms with E-state index < -0.39 is 5.60 Å². The van der Waals surface area contributed by atoms with Crippen LogP contribution in [0.2, 0.25) is 0 Å². The molecule has 0 N–H and O–H groups in total. The van der Waals surface area contributed by atoms with Gasteiger partial charge in [-0.05, 0) is 79.6 Å². The number of hydrogen-bond donors (Lipinski definition) is 0. The smallest absolute Gasteiger partial charge is 0.303 e. The second-order valence-electron chi connectivity index (χ2n) is 8.77. The Kier molecular flexibility index (Phi) is 6.53. The van der Waals surface area contributed by atoms with E-state index in [9.17, 15) is 4.79 Å². The van der Waals surface area contributed by atoms with Crippen molar-refractivity contribution in [3.63, 3.8) is 0 Å². The van der Waals surface area contributed by atoms with Crippen molar-refractivity contribution in [1.29, 1.82) is 0 Å². The first-order chi connectivity index (χ1) is 11.6. The Morgan fingerprint density at radius 2 is 1.84 bits per heavy atom. The fourth-order valence-corrected chi connectivity index (χ4v) is 3.99. The van der Waals surface area contributed by atoms with Gasteiger partial charge in [-0.2, -0.15) is 0 Å². The lowest BCUT2D eigenvalue weighted by molar-refractivity contribution is -0.159. The fraction of sp³-hybridized carbons (Fsp3) is 0.773. The molecule has 25 heavy (non-hydrogen) atoms. The minimum absolute atomic E-state index is 0.0982. The van der Waals surface area contributed by atoms with Crippen LogP contribution in [0.1, 0.15) is 86.5 Å². The van der Waals surface area contributed by atoms with E-state index in [2.05, 4.69) is 32.9 Å². The van der Waals surface area contributed by atoms with Crippen molar-refractivity contribution in [3.05, 3.63) is 23.3 Å². The van der Waals surface area contributed by atoms with Gasteiger partial charge in [-0.15, -0.1) is 0 Å². The van der Waals surface area contributed by atoms with Gasteiger partial charge < -0.3 is 9.47 Å². The number of carbonyl (C=O) groups is 1. The second-order valence-corrected chi connectivity index (χ2v) is 8.77. The molecule has 3 nitrogen and oxygen atoms in total. The number of fused-ring (bicyclic) bond motifs is 1. The Hall–Kier alpha value is -1.09. The van der Waals surface area contributed by atoms with Crippen LogP contribution in [-0.2, 0) is 14.3 Å². The molecule has 0 aromatic carbocycles. The molecule has 1 fully saturated rings. The topological polar surface area (TPSA) is 38.8 Å². The van der Waals surface area contributed by atoms with Gasteiger partial charge >= 0.3 is 5.97 Å². The van der Waals surface area contributed by atoms with E-state index in [0.717, 1.165) is 44.9 Å². The third-order valence-corrected chi connectivity index (χ3v) is 6.00. The lowest BCUT2D eigenvalue weighted by Crippen LogP contribution is -2.36. The van der Waals surface area contributed by atoms with Gasteiger partial charge in [0.05, 0.1) is 11.7 Å². The van der Waals surface area contributed by atoms with E-state index >= 15 is 0 Å². The van der Waals surface area contributed by atoms with Gasteiger partial charge in [-0.3, -0.25) is 4.79 Å². The van der Waals surface area contributed by atoms with E-state index in [1.807, 2.05) is 13.8 Å². The number of hydrogen-bond acceptors (Lipinski definition) is 3. The number of allylic oxidation sites excluding steroid dienone is 4. The summed E-state index contributed by atoms with van der Waals surface area (Å²) in [6.45, 7) is 12.3. The maximum absolute atomic E-state index is 11.5. The summed E-state index contributed by atoms with van der Waals surface area (Å²) in [6.07, 6.45) is 12.6. The maximum atomic E-state index is 11.5. The Labute approximate surface area is 153 Å². The quantitative estimate of drug-likeness (QED) is 0.363. The van der Waals surface area contributed by atoms with Crippen LogP contribution >= 0.6 is 0 Å². The fourth-order valence-electron chi connectivity index (χ4n) is 3.99. The highest BCUT2D eigenvalue weighted by molar-refractivity contribution is 5.66. The van der Waals surface area contributed by atoms with E-state index in [1.54, 1.807) is 0 Å². The minimum atomic E-state index is -0.432. The Bertz CT molecular complexity index is 543. The molecular formula is C22H36O3. The Balaban J connectivity index is 2.11. The average molecular weight is 349 g/mol. The van der Waals surface area contributed by atoms with Gasteiger partial charge in [-0.25, -0.2) is 0 Å². The van der Waals surface area contributed by atoms with Crippen molar-refractivity contribution in [1.82, 2.24) is 0 Å². The van der Waals surface area contributed by atoms with E-state index in [4.69, 9.17) is 9.47 Å². The third-order valence-electron chi connectivity index (χ3n) is 6.00. The standard InChI is InChI=1S/C22H36O3/c1-16-8-7-15-22(6)20(25-22)14-11-17(2)10-13-19(12-9-16)21(4,5)24-18(3)23/h8,10,19-20H,7,9,11-15H2,1-6H3. The number of ether oxygens (including phenoxy) is 2. The third kappa shape index (κ3) is 5.99. The molecule has 2 rings (SSSR count). The lowest BCUT2D eigenvalue weighted by atomic mass is 9.82. The molecule has 0 amide bonds. The van der Waals surface area contributed by atoms with Crippen LogP contribution in [0.3, 0.4) is 0 Å². The zero-order valence-corrected chi connectivity index (χ0v) is 17.0. The number of esters is 1. The molecule has 1 aliphatic carbocycles. The summed E-state index contributed by atoms with van der Waals surface area (Å²) in [5.74, 6) is 0.141. The molecule has 0 spiro atoms. The number of rotatable bonds is 2. The molecule has 142 valence electrons. The predicted octanol–water partition coefficient (Wildman–Crippen LogP) is 5.74. The molecule has 3 unspecified atom stereocenters. The predicted molar refractivity (Wildman–Crippen MR) is 102 cm³/mol. The molecule has 1 saturated heterocycles. The minimum Gasteiger partial charge on any atom is -0.460 e.